The van der Waals surface area contributed by atoms with Gasteiger partial charge in [-0.15, -0.1) is 0 Å². The summed E-state index contributed by atoms with van der Waals surface area (Å²) < 4.78 is 57.5. The Morgan fingerprint density at radius 1 is 1.09 bits per heavy atom. The van der Waals surface area contributed by atoms with Crippen LogP contribution in [0.2, 0.25) is 0 Å². The molecule has 3 rings (SSSR count). The maximum absolute atomic E-state index is 13.3. The van der Waals surface area contributed by atoms with Gasteiger partial charge in [0.15, 0.2) is 0 Å². The molecule has 0 atom stereocenters. The molecule has 0 amide bonds. The second-order valence-electron chi connectivity index (χ2n) is 8.62. The molecule has 0 unspecified atom stereocenters. The first kappa shape index (κ1) is 26.3. The number of halogens is 3. The molecule has 35 heavy (non-hydrogen) atoms. The molecule has 2 aromatic carbocycles. The molecule has 0 fully saturated rings. The van der Waals surface area contributed by atoms with Gasteiger partial charge in [-0.3, -0.25) is 0 Å². The molecule has 188 valence electrons. The molecule has 1 aromatic heterocycles. The summed E-state index contributed by atoms with van der Waals surface area (Å²) in [7, 11) is 1.60. The van der Waals surface area contributed by atoms with Crippen LogP contribution in [0.4, 0.5) is 13.2 Å². The Labute approximate surface area is 202 Å². The van der Waals surface area contributed by atoms with Gasteiger partial charge in [0, 0.05) is 12.0 Å². The number of esters is 1. The third kappa shape index (κ3) is 6.42. The third-order valence-electron chi connectivity index (χ3n) is 5.62. The fourth-order valence-corrected chi connectivity index (χ4v) is 3.73. The normalized spacial score (nSPS) is 12.0. The standard InChI is InChI=1S/C26H29F3N2O4/c1-5-35-24(32)22-16-30-31(20-8-6-7-19(15-20)26(27,28)29)23(22)25(2,3)13-14-34-17-18-9-11-21(33-4)12-10-18/h6-12,15-16H,5,13-14,17H2,1-4H3. The van der Waals surface area contributed by atoms with Crippen molar-refractivity contribution in [3.63, 3.8) is 0 Å². The van der Waals surface area contributed by atoms with Crippen LogP contribution in [0.15, 0.2) is 54.7 Å². The van der Waals surface area contributed by atoms with Gasteiger partial charge in [0.05, 0.1) is 43.5 Å². The van der Waals surface area contributed by atoms with Gasteiger partial charge in [-0.05, 0) is 49.2 Å². The van der Waals surface area contributed by atoms with Crippen molar-refractivity contribution < 1.29 is 32.2 Å². The maximum Gasteiger partial charge on any atom is 0.416 e. The number of methoxy groups -OCH3 is 1. The van der Waals surface area contributed by atoms with Crippen molar-refractivity contribution in [3.8, 4) is 11.4 Å². The predicted molar refractivity (Wildman–Crippen MR) is 125 cm³/mol. The van der Waals surface area contributed by atoms with Crippen LogP contribution in [-0.4, -0.2) is 36.1 Å². The van der Waals surface area contributed by atoms with Crippen LogP contribution in [0.25, 0.3) is 5.69 Å². The van der Waals surface area contributed by atoms with E-state index in [9.17, 15) is 18.0 Å². The Bertz CT molecular complexity index is 1140. The summed E-state index contributed by atoms with van der Waals surface area (Å²) in [6, 6.07) is 12.4. The Morgan fingerprint density at radius 2 is 1.80 bits per heavy atom. The number of carbonyl (C=O) groups is 1. The van der Waals surface area contributed by atoms with Gasteiger partial charge in [0.2, 0.25) is 0 Å². The van der Waals surface area contributed by atoms with Crippen molar-refractivity contribution in [1.82, 2.24) is 9.78 Å². The summed E-state index contributed by atoms with van der Waals surface area (Å²) >= 11 is 0. The first-order valence-electron chi connectivity index (χ1n) is 11.2. The summed E-state index contributed by atoms with van der Waals surface area (Å²) in [5.41, 5.74) is 0.386. The van der Waals surface area contributed by atoms with Crippen molar-refractivity contribution in [2.45, 2.75) is 45.4 Å². The van der Waals surface area contributed by atoms with E-state index in [4.69, 9.17) is 14.2 Å². The van der Waals surface area contributed by atoms with Crippen LogP contribution in [-0.2, 0) is 27.7 Å². The van der Waals surface area contributed by atoms with Gasteiger partial charge in [0.1, 0.15) is 11.3 Å². The highest BCUT2D eigenvalue weighted by Crippen LogP contribution is 2.35. The largest absolute Gasteiger partial charge is 0.497 e. The molecule has 0 saturated heterocycles. The van der Waals surface area contributed by atoms with E-state index in [1.54, 1.807) is 14.0 Å². The summed E-state index contributed by atoms with van der Waals surface area (Å²) in [4.78, 5) is 12.7. The Balaban J connectivity index is 1.85. The van der Waals surface area contributed by atoms with Gasteiger partial charge in [0.25, 0.3) is 0 Å². The first-order chi connectivity index (χ1) is 16.6. The number of benzene rings is 2. The van der Waals surface area contributed by atoms with Crippen molar-refractivity contribution >= 4 is 5.97 Å². The predicted octanol–water partition coefficient (Wildman–Crippen LogP) is 5.96. The summed E-state index contributed by atoms with van der Waals surface area (Å²) in [6.07, 6.45) is -2.67. The molecule has 0 aliphatic heterocycles. The fourth-order valence-electron chi connectivity index (χ4n) is 3.73. The maximum atomic E-state index is 13.3. The van der Waals surface area contributed by atoms with Gasteiger partial charge >= 0.3 is 12.1 Å². The fraction of sp³-hybridized carbons (Fsp3) is 0.385. The molecular formula is C26H29F3N2O4. The van der Waals surface area contributed by atoms with E-state index in [1.165, 1.54) is 23.0 Å². The van der Waals surface area contributed by atoms with Gasteiger partial charge in [-0.2, -0.15) is 18.3 Å². The number of ether oxygens (including phenoxy) is 3. The lowest BCUT2D eigenvalue weighted by Crippen LogP contribution is -2.27. The number of aromatic nitrogens is 2. The minimum atomic E-state index is -4.50. The number of carbonyl (C=O) groups excluding carboxylic acids is 1. The van der Waals surface area contributed by atoms with Gasteiger partial charge in [-0.25, -0.2) is 9.48 Å². The molecule has 6 nitrogen and oxygen atoms in total. The molecular weight excluding hydrogens is 461 g/mol. The molecule has 0 spiro atoms. The third-order valence-corrected chi connectivity index (χ3v) is 5.62. The van der Waals surface area contributed by atoms with E-state index < -0.39 is 23.1 Å². The summed E-state index contributed by atoms with van der Waals surface area (Å²) in [5, 5.41) is 4.27. The second-order valence-corrected chi connectivity index (χ2v) is 8.62. The number of hydrogen-bond acceptors (Lipinski definition) is 5. The lowest BCUT2D eigenvalue weighted by Gasteiger charge is -2.27. The lowest BCUT2D eigenvalue weighted by atomic mass is 9.83. The molecule has 0 N–H and O–H groups in total. The van der Waals surface area contributed by atoms with E-state index in [0.29, 0.717) is 25.3 Å². The molecule has 0 saturated carbocycles. The summed E-state index contributed by atoms with van der Waals surface area (Å²) in [5.74, 6) is 0.178. The zero-order valence-corrected chi connectivity index (χ0v) is 20.2. The van der Waals surface area contributed by atoms with E-state index in [-0.39, 0.29) is 17.9 Å². The Hall–Kier alpha value is -3.33. The van der Waals surface area contributed by atoms with Crippen molar-refractivity contribution in [2.75, 3.05) is 20.3 Å². The molecule has 1 heterocycles. The molecule has 0 bridgehead atoms. The van der Waals surface area contributed by atoms with Crippen LogP contribution in [0, 0.1) is 0 Å². The van der Waals surface area contributed by atoms with Crippen LogP contribution < -0.4 is 4.74 Å². The number of alkyl halides is 3. The zero-order chi connectivity index (χ0) is 25.6. The quantitative estimate of drug-likeness (QED) is 0.259. The molecule has 0 radical (unpaired) electrons. The molecule has 0 aliphatic carbocycles. The van der Waals surface area contributed by atoms with Crippen molar-refractivity contribution in [3.05, 3.63) is 77.1 Å². The number of hydrogen-bond donors (Lipinski definition) is 0. The molecule has 3 aromatic rings. The minimum Gasteiger partial charge on any atom is -0.497 e. The minimum absolute atomic E-state index is 0.165. The van der Waals surface area contributed by atoms with E-state index in [0.717, 1.165) is 23.4 Å². The average molecular weight is 491 g/mol. The Morgan fingerprint density at radius 3 is 2.43 bits per heavy atom. The smallest absolute Gasteiger partial charge is 0.416 e. The highest BCUT2D eigenvalue weighted by Gasteiger charge is 2.34. The monoisotopic (exact) mass is 490 g/mol. The molecule has 0 aliphatic rings. The van der Waals surface area contributed by atoms with Gasteiger partial charge in [-0.1, -0.05) is 32.0 Å². The van der Waals surface area contributed by atoms with E-state index >= 15 is 0 Å². The van der Waals surface area contributed by atoms with Crippen LogP contribution >= 0.6 is 0 Å². The lowest BCUT2D eigenvalue weighted by molar-refractivity contribution is -0.137. The van der Waals surface area contributed by atoms with Crippen LogP contribution in [0.1, 0.15) is 54.4 Å². The average Bonchev–Trinajstić information content (AvgIpc) is 3.29. The highest BCUT2D eigenvalue weighted by molar-refractivity contribution is 5.91. The SMILES string of the molecule is CCOC(=O)c1cnn(-c2cccc(C(F)(F)F)c2)c1C(C)(C)CCOCc1ccc(OC)cc1. The topological polar surface area (TPSA) is 62.6 Å². The second kappa shape index (κ2) is 10.9. The van der Waals surface area contributed by atoms with Crippen molar-refractivity contribution in [1.29, 1.82) is 0 Å². The zero-order valence-electron chi connectivity index (χ0n) is 20.2. The highest BCUT2D eigenvalue weighted by atomic mass is 19.4. The molecule has 9 heteroatoms. The summed E-state index contributed by atoms with van der Waals surface area (Å²) in [6.45, 7) is 6.39. The Kier molecular flexibility index (Phi) is 8.22. The van der Waals surface area contributed by atoms with E-state index in [2.05, 4.69) is 5.10 Å². The van der Waals surface area contributed by atoms with Crippen LogP contribution in [0.5, 0.6) is 5.75 Å². The number of rotatable bonds is 10. The first-order valence-corrected chi connectivity index (χ1v) is 11.2. The van der Waals surface area contributed by atoms with Crippen LogP contribution in [0.3, 0.4) is 0 Å². The van der Waals surface area contributed by atoms with E-state index in [1.807, 2.05) is 38.1 Å². The number of nitrogens with zero attached hydrogens (tertiary/aromatic N) is 2. The van der Waals surface area contributed by atoms with Gasteiger partial charge < -0.3 is 14.2 Å². The van der Waals surface area contributed by atoms with Crippen molar-refractivity contribution in [2.24, 2.45) is 0 Å².